The summed E-state index contributed by atoms with van der Waals surface area (Å²) in [4.78, 5) is 24.4. The van der Waals surface area contributed by atoms with E-state index in [-0.39, 0.29) is 18.9 Å². The highest BCUT2D eigenvalue weighted by atomic mass is 16.6. The van der Waals surface area contributed by atoms with Gasteiger partial charge in [-0.3, -0.25) is 10.1 Å². The van der Waals surface area contributed by atoms with Gasteiger partial charge in [-0.1, -0.05) is 74.5 Å². The predicted molar refractivity (Wildman–Crippen MR) is 113 cm³/mol. The van der Waals surface area contributed by atoms with Gasteiger partial charge in [0.25, 0.3) is 0 Å². The van der Waals surface area contributed by atoms with E-state index in [9.17, 15) is 19.8 Å². The van der Waals surface area contributed by atoms with Crippen LogP contribution in [0.4, 0.5) is 0 Å². The molecule has 7 nitrogen and oxygen atoms in total. The fraction of sp³-hybridized carbons (Fsp3) is 0.391. The Morgan fingerprint density at radius 1 is 0.933 bits per heavy atom. The lowest BCUT2D eigenvalue weighted by molar-refractivity contribution is -0.148. The number of aliphatic hydroxyl groups is 1. The molecule has 2 aromatic rings. The Hall–Kier alpha value is -2.74. The lowest BCUT2D eigenvalue weighted by Gasteiger charge is -2.24. The molecule has 4 N–H and O–H groups in total. The Morgan fingerprint density at radius 3 is 2.03 bits per heavy atom. The number of carboxylic acid groups (broad SMARTS) is 1. The molecule has 0 radical (unpaired) electrons. The second-order valence-corrected chi connectivity index (χ2v) is 7.59. The van der Waals surface area contributed by atoms with E-state index in [1.165, 1.54) is 0 Å². The number of benzene rings is 2. The third kappa shape index (κ3) is 8.32. The van der Waals surface area contributed by atoms with E-state index in [0.29, 0.717) is 6.42 Å². The predicted octanol–water partition coefficient (Wildman–Crippen LogP) is 2.30. The van der Waals surface area contributed by atoms with Crippen LogP contribution < -0.4 is 10.6 Å². The summed E-state index contributed by atoms with van der Waals surface area (Å²) >= 11 is 0. The minimum absolute atomic E-state index is 0.103. The molecule has 0 aromatic heterocycles. The second-order valence-electron chi connectivity index (χ2n) is 7.59. The van der Waals surface area contributed by atoms with Crippen LogP contribution in [-0.4, -0.2) is 40.6 Å². The van der Waals surface area contributed by atoms with Gasteiger partial charge in [-0.15, -0.1) is 0 Å². The molecule has 0 spiro atoms. The molecule has 3 atom stereocenters. The molecular weight excluding hydrogens is 384 g/mol. The number of ether oxygens (including phenoxy) is 1. The Kier molecular flexibility index (Phi) is 9.47. The summed E-state index contributed by atoms with van der Waals surface area (Å²) in [6, 6.07) is 16.8. The number of hydrogen-bond acceptors (Lipinski definition) is 5. The van der Waals surface area contributed by atoms with E-state index in [4.69, 9.17) is 4.74 Å². The van der Waals surface area contributed by atoms with Crippen molar-refractivity contribution in [3.8, 4) is 0 Å². The fourth-order valence-corrected chi connectivity index (χ4v) is 3.01. The quantitative estimate of drug-likeness (QED) is 0.397. The largest absolute Gasteiger partial charge is 0.480 e. The van der Waals surface area contributed by atoms with Crippen molar-refractivity contribution in [2.45, 2.75) is 51.8 Å². The summed E-state index contributed by atoms with van der Waals surface area (Å²) in [5, 5.41) is 25.0. The van der Waals surface area contributed by atoms with Crippen LogP contribution in [0.15, 0.2) is 60.7 Å². The number of amides is 1. The van der Waals surface area contributed by atoms with E-state index in [1.54, 1.807) is 0 Å². The van der Waals surface area contributed by atoms with E-state index >= 15 is 0 Å². The highest BCUT2D eigenvalue weighted by molar-refractivity contribution is 5.87. The number of hydrogen-bond donors (Lipinski definition) is 4. The monoisotopic (exact) mass is 414 g/mol. The summed E-state index contributed by atoms with van der Waals surface area (Å²) in [6.07, 6.45) is -0.809. The standard InChI is InChI=1S/C23H30N2O5/c1-16(2)13-20(22(27)28)24-21(26)19(14-17-9-5-3-6-10-17)25-23(29)30-15-18-11-7-4-8-12-18/h3-12,16,19-20,23,25,29H,13-15H2,1-2H3,(H,24,26)(H,27,28)/t19-,20-,23?/m0/s1. The summed E-state index contributed by atoms with van der Waals surface area (Å²) in [5.74, 6) is -1.49. The molecule has 0 aliphatic heterocycles. The van der Waals surface area contributed by atoms with Crippen molar-refractivity contribution in [1.82, 2.24) is 10.6 Å². The summed E-state index contributed by atoms with van der Waals surface area (Å²) in [5.41, 5.74) is 1.75. The van der Waals surface area contributed by atoms with E-state index in [2.05, 4.69) is 10.6 Å². The molecule has 1 amide bonds. The number of carbonyl (C=O) groups excluding carboxylic acids is 1. The lowest BCUT2D eigenvalue weighted by Crippen LogP contribution is -2.54. The first-order chi connectivity index (χ1) is 14.3. The van der Waals surface area contributed by atoms with Crippen molar-refractivity contribution in [3.05, 3.63) is 71.8 Å². The van der Waals surface area contributed by atoms with Crippen LogP contribution in [0.5, 0.6) is 0 Å². The molecule has 2 aromatic carbocycles. The Labute approximate surface area is 177 Å². The van der Waals surface area contributed by atoms with Crippen molar-refractivity contribution in [1.29, 1.82) is 0 Å². The number of rotatable bonds is 12. The van der Waals surface area contributed by atoms with Gasteiger partial charge in [0.1, 0.15) is 6.04 Å². The van der Waals surface area contributed by atoms with Crippen LogP contribution in [0.1, 0.15) is 31.4 Å². The van der Waals surface area contributed by atoms with Crippen LogP contribution in [-0.2, 0) is 27.4 Å². The molecule has 30 heavy (non-hydrogen) atoms. The molecule has 0 aliphatic carbocycles. The number of nitrogens with one attached hydrogen (secondary N) is 2. The van der Waals surface area contributed by atoms with Gasteiger partial charge in [0.2, 0.25) is 12.3 Å². The molecule has 0 saturated carbocycles. The maximum atomic E-state index is 12.9. The van der Waals surface area contributed by atoms with Crippen LogP contribution in [0.2, 0.25) is 0 Å². The minimum Gasteiger partial charge on any atom is -0.480 e. The van der Waals surface area contributed by atoms with Gasteiger partial charge < -0.3 is 20.3 Å². The third-order valence-corrected chi connectivity index (χ3v) is 4.52. The lowest BCUT2D eigenvalue weighted by atomic mass is 10.0. The van der Waals surface area contributed by atoms with Crippen molar-refractivity contribution < 1.29 is 24.5 Å². The Morgan fingerprint density at radius 2 is 1.50 bits per heavy atom. The highest BCUT2D eigenvalue weighted by Gasteiger charge is 2.27. The minimum atomic E-state index is -1.39. The van der Waals surface area contributed by atoms with Gasteiger partial charge in [0.15, 0.2) is 0 Å². The molecule has 2 rings (SSSR count). The van der Waals surface area contributed by atoms with E-state index in [1.807, 2.05) is 74.5 Å². The molecular formula is C23H30N2O5. The van der Waals surface area contributed by atoms with Crippen molar-refractivity contribution in [2.24, 2.45) is 5.92 Å². The Balaban J connectivity index is 2.04. The average molecular weight is 415 g/mol. The zero-order valence-corrected chi connectivity index (χ0v) is 17.3. The van der Waals surface area contributed by atoms with Gasteiger partial charge in [0, 0.05) is 0 Å². The third-order valence-electron chi connectivity index (χ3n) is 4.52. The first-order valence-electron chi connectivity index (χ1n) is 10.0. The molecule has 7 heteroatoms. The fourth-order valence-electron chi connectivity index (χ4n) is 3.01. The van der Waals surface area contributed by atoms with Gasteiger partial charge in [0.05, 0.1) is 12.6 Å². The van der Waals surface area contributed by atoms with Gasteiger partial charge >= 0.3 is 5.97 Å². The van der Waals surface area contributed by atoms with Crippen LogP contribution in [0, 0.1) is 5.92 Å². The molecule has 162 valence electrons. The van der Waals surface area contributed by atoms with Crippen LogP contribution in [0.3, 0.4) is 0 Å². The maximum Gasteiger partial charge on any atom is 0.326 e. The summed E-state index contributed by atoms with van der Waals surface area (Å²) < 4.78 is 5.41. The first kappa shape index (κ1) is 23.5. The van der Waals surface area contributed by atoms with Crippen molar-refractivity contribution in [3.63, 3.8) is 0 Å². The van der Waals surface area contributed by atoms with E-state index in [0.717, 1.165) is 11.1 Å². The highest BCUT2D eigenvalue weighted by Crippen LogP contribution is 2.09. The summed E-state index contributed by atoms with van der Waals surface area (Å²) in [6.45, 7) is 3.95. The normalized spacial score (nSPS) is 14.1. The van der Waals surface area contributed by atoms with Gasteiger partial charge in [-0.2, -0.15) is 0 Å². The summed E-state index contributed by atoms with van der Waals surface area (Å²) in [7, 11) is 0. The SMILES string of the molecule is CC(C)C[C@H](NC(=O)[C@H](Cc1ccccc1)NC(O)OCc1ccccc1)C(=O)O. The van der Waals surface area contributed by atoms with E-state index < -0.39 is 30.4 Å². The van der Waals surface area contributed by atoms with Crippen LogP contribution >= 0.6 is 0 Å². The number of aliphatic carboxylic acids is 1. The second kappa shape index (κ2) is 12.1. The van der Waals surface area contributed by atoms with Gasteiger partial charge in [-0.05, 0) is 29.9 Å². The molecule has 0 aliphatic rings. The zero-order chi connectivity index (χ0) is 21.9. The maximum absolute atomic E-state index is 12.9. The molecule has 0 fully saturated rings. The molecule has 0 bridgehead atoms. The topological polar surface area (TPSA) is 108 Å². The molecule has 1 unspecified atom stereocenters. The Bertz CT molecular complexity index is 783. The van der Waals surface area contributed by atoms with Crippen molar-refractivity contribution >= 4 is 11.9 Å². The van der Waals surface area contributed by atoms with Gasteiger partial charge in [-0.25, -0.2) is 4.79 Å². The van der Waals surface area contributed by atoms with Crippen molar-refractivity contribution in [2.75, 3.05) is 0 Å². The molecule has 0 heterocycles. The average Bonchev–Trinajstić information content (AvgIpc) is 2.72. The first-order valence-corrected chi connectivity index (χ1v) is 10.0. The number of carbonyl (C=O) groups is 2. The number of aliphatic hydroxyl groups excluding tert-OH is 1. The smallest absolute Gasteiger partial charge is 0.326 e. The molecule has 0 saturated heterocycles. The van der Waals surface area contributed by atoms with Crippen LogP contribution in [0.25, 0.3) is 0 Å². The number of carboxylic acids is 1. The zero-order valence-electron chi connectivity index (χ0n) is 17.3.